The highest BCUT2D eigenvalue weighted by Gasteiger charge is 2.40. The van der Waals surface area contributed by atoms with Crippen LogP contribution in [0.5, 0.6) is 0 Å². The lowest BCUT2D eigenvalue weighted by Crippen LogP contribution is -2.54. The highest BCUT2D eigenvalue weighted by molar-refractivity contribution is 5.90. The fourth-order valence-electron chi connectivity index (χ4n) is 1.51. The molecule has 0 radical (unpaired) electrons. The topological polar surface area (TPSA) is 92.4 Å². The van der Waals surface area contributed by atoms with E-state index in [2.05, 4.69) is 5.32 Å². The van der Waals surface area contributed by atoms with Gasteiger partial charge in [-0.05, 0) is 26.3 Å². The maximum absolute atomic E-state index is 12.1. The molecule has 0 aromatic heterocycles. The first kappa shape index (κ1) is 15.2. The molecule has 1 aromatic carbocycles. The van der Waals surface area contributed by atoms with Crippen LogP contribution < -0.4 is 11.1 Å². The summed E-state index contributed by atoms with van der Waals surface area (Å²) in [5, 5.41) is 12.0. The molecular weight excluding hydrogens is 244 g/mol. The molecule has 1 atom stereocenters. The van der Waals surface area contributed by atoms with Crippen molar-refractivity contribution in [2.75, 3.05) is 6.54 Å². The molecule has 19 heavy (non-hydrogen) atoms. The molecule has 1 unspecified atom stereocenters. The molecule has 0 aliphatic carbocycles. The highest BCUT2D eigenvalue weighted by Crippen LogP contribution is 2.23. The Morgan fingerprint density at radius 1 is 1.21 bits per heavy atom. The molecule has 4 N–H and O–H groups in total. The van der Waals surface area contributed by atoms with E-state index in [0.717, 1.165) is 0 Å². The van der Waals surface area contributed by atoms with E-state index >= 15 is 0 Å². The van der Waals surface area contributed by atoms with E-state index in [1.807, 2.05) is 0 Å². The molecule has 0 fully saturated rings. The van der Waals surface area contributed by atoms with E-state index in [1.165, 1.54) is 6.92 Å². The molecule has 0 bridgehead atoms. The number of rotatable bonds is 5. The van der Waals surface area contributed by atoms with Gasteiger partial charge in [-0.1, -0.05) is 30.3 Å². The molecule has 1 amide bonds. The Balaban J connectivity index is 3.10. The molecule has 0 aliphatic heterocycles. The first-order valence-electron chi connectivity index (χ1n) is 6.05. The van der Waals surface area contributed by atoms with Gasteiger partial charge in [0.2, 0.25) is 5.91 Å². The van der Waals surface area contributed by atoms with Gasteiger partial charge in [0.25, 0.3) is 0 Å². The van der Waals surface area contributed by atoms with Crippen LogP contribution in [0.1, 0.15) is 26.3 Å². The second-order valence-electron chi connectivity index (χ2n) is 5.34. The molecule has 104 valence electrons. The van der Waals surface area contributed by atoms with Gasteiger partial charge < -0.3 is 16.2 Å². The van der Waals surface area contributed by atoms with Crippen LogP contribution in [-0.2, 0) is 15.1 Å². The van der Waals surface area contributed by atoms with Crippen LogP contribution in [0.4, 0.5) is 0 Å². The first-order valence-corrected chi connectivity index (χ1v) is 6.05. The van der Waals surface area contributed by atoms with Gasteiger partial charge in [0.05, 0.1) is 5.41 Å². The molecule has 5 nitrogen and oxygen atoms in total. The summed E-state index contributed by atoms with van der Waals surface area (Å²) >= 11 is 0. The van der Waals surface area contributed by atoms with Gasteiger partial charge in [-0.25, -0.2) is 4.79 Å². The Hall–Kier alpha value is -1.88. The number of benzene rings is 1. The summed E-state index contributed by atoms with van der Waals surface area (Å²) in [5.41, 5.74) is 3.77. The van der Waals surface area contributed by atoms with E-state index in [0.29, 0.717) is 5.56 Å². The molecular formula is C14H20N2O3. The molecule has 1 aromatic rings. The SMILES string of the molecule is CC(C)(CN)C(=O)NC(C)(C(=O)O)c1ccccc1. The van der Waals surface area contributed by atoms with Crippen LogP contribution in [-0.4, -0.2) is 23.5 Å². The average Bonchev–Trinajstić information content (AvgIpc) is 2.39. The number of carbonyl (C=O) groups excluding carboxylic acids is 1. The van der Waals surface area contributed by atoms with Gasteiger partial charge in [-0.15, -0.1) is 0 Å². The lowest BCUT2D eigenvalue weighted by atomic mass is 9.87. The van der Waals surface area contributed by atoms with E-state index < -0.39 is 16.9 Å². The van der Waals surface area contributed by atoms with Crippen LogP contribution in [0.15, 0.2) is 30.3 Å². The molecule has 0 heterocycles. The number of carboxylic acid groups (broad SMARTS) is 1. The van der Waals surface area contributed by atoms with Gasteiger partial charge >= 0.3 is 5.97 Å². The predicted octanol–water partition coefficient (Wildman–Crippen LogP) is 1.09. The van der Waals surface area contributed by atoms with Crippen molar-refractivity contribution in [3.8, 4) is 0 Å². The maximum Gasteiger partial charge on any atom is 0.333 e. The summed E-state index contributed by atoms with van der Waals surface area (Å²) in [6.45, 7) is 4.96. The van der Waals surface area contributed by atoms with Gasteiger partial charge in [-0.3, -0.25) is 4.79 Å². The molecule has 1 rings (SSSR count). The Bertz CT molecular complexity index is 471. The maximum atomic E-state index is 12.1. The van der Waals surface area contributed by atoms with Crippen molar-refractivity contribution in [2.45, 2.75) is 26.3 Å². The summed E-state index contributed by atoms with van der Waals surface area (Å²) in [6.07, 6.45) is 0. The van der Waals surface area contributed by atoms with Crippen molar-refractivity contribution >= 4 is 11.9 Å². The minimum Gasteiger partial charge on any atom is -0.479 e. The third-order valence-corrected chi connectivity index (χ3v) is 3.27. The van der Waals surface area contributed by atoms with Crippen molar-refractivity contribution in [1.29, 1.82) is 0 Å². The molecule has 0 aliphatic rings. The summed E-state index contributed by atoms with van der Waals surface area (Å²) in [7, 11) is 0. The number of carboxylic acids is 1. The largest absolute Gasteiger partial charge is 0.479 e. The van der Waals surface area contributed by atoms with Gasteiger partial charge in [0, 0.05) is 6.54 Å². The normalized spacial score (nSPS) is 14.5. The minimum absolute atomic E-state index is 0.142. The summed E-state index contributed by atoms with van der Waals surface area (Å²) < 4.78 is 0. The van der Waals surface area contributed by atoms with Crippen LogP contribution in [0.25, 0.3) is 0 Å². The van der Waals surface area contributed by atoms with Crippen LogP contribution in [0.3, 0.4) is 0 Å². The fourth-order valence-corrected chi connectivity index (χ4v) is 1.51. The fraction of sp³-hybridized carbons (Fsp3) is 0.429. The highest BCUT2D eigenvalue weighted by atomic mass is 16.4. The Morgan fingerprint density at radius 3 is 2.16 bits per heavy atom. The Kier molecular flexibility index (Phi) is 4.32. The van der Waals surface area contributed by atoms with E-state index in [9.17, 15) is 14.7 Å². The Morgan fingerprint density at radius 2 is 1.74 bits per heavy atom. The zero-order valence-electron chi connectivity index (χ0n) is 11.4. The Labute approximate surface area is 112 Å². The van der Waals surface area contributed by atoms with E-state index in [1.54, 1.807) is 44.2 Å². The molecule has 5 heteroatoms. The number of nitrogens with one attached hydrogen (secondary N) is 1. The number of aliphatic carboxylic acids is 1. The monoisotopic (exact) mass is 264 g/mol. The summed E-state index contributed by atoms with van der Waals surface area (Å²) in [5.74, 6) is -1.50. The second kappa shape index (κ2) is 5.40. The van der Waals surface area contributed by atoms with Crippen LogP contribution in [0, 0.1) is 5.41 Å². The van der Waals surface area contributed by atoms with Crippen molar-refractivity contribution in [3.63, 3.8) is 0 Å². The van der Waals surface area contributed by atoms with Crippen molar-refractivity contribution < 1.29 is 14.7 Å². The lowest BCUT2D eigenvalue weighted by molar-refractivity contribution is -0.149. The number of hydrogen-bond acceptors (Lipinski definition) is 3. The predicted molar refractivity (Wildman–Crippen MR) is 72.4 cm³/mol. The van der Waals surface area contributed by atoms with Crippen molar-refractivity contribution in [1.82, 2.24) is 5.32 Å². The van der Waals surface area contributed by atoms with Gasteiger partial charge in [-0.2, -0.15) is 0 Å². The zero-order chi connectivity index (χ0) is 14.7. The van der Waals surface area contributed by atoms with E-state index in [4.69, 9.17) is 5.73 Å². The van der Waals surface area contributed by atoms with Crippen LogP contribution >= 0.6 is 0 Å². The smallest absolute Gasteiger partial charge is 0.333 e. The average molecular weight is 264 g/mol. The zero-order valence-corrected chi connectivity index (χ0v) is 11.4. The summed E-state index contributed by atoms with van der Waals surface area (Å²) in [4.78, 5) is 23.7. The van der Waals surface area contributed by atoms with E-state index in [-0.39, 0.29) is 12.5 Å². The van der Waals surface area contributed by atoms with Crippen LogP contribution in [0.2, 0.25) is 0 Å². The van der Waals surface area contributed by atoms with Gasteiger partial charge in [0.15, 0.2) is 5.54 Å². The number of amides is 1. The second-order valence-corrected chi connectivity index (χ2v) is 5.34. The number of carbonyl (C=O) groups is 2. The summed E-state index contributed by atoms with van der Waals surface area (Å²) in [6, 6.07) is 8.60. The molecule has 0 saturated carbocycles. The third kappa shape index (κ3) is 3.12. The third-order valence-electron chi connectivity index (χ3n) is 3.27. The lowest BCUT2D eigenvalue weighted by Gasteiger charge is -2.31. The van der Waals surface area contributed by atoms with Gasteiger partial charge in [0.1, 0.15) is 0 Å². The van der Waals surface area contributed by atoms with Crippen molar-refractivity contribution in [3.05, 3.63) is 35.9 Å². The number of hydrogen-bond donors (Lipinski definition) is 3. The minimum atomic E-state index is -1.47. The quantitative estimate of drug-likeness (QED) is 0.742. The van der Waals surface area contributed by atoms with Crippen molar-refractivity contribution in [2.24, 2.45) is 11.1 Å². The standard InChI is InChI=1S/C14H20N2O3/c1-13(2,9-15)11(17)16-14(3,12(18)19)10-7-5-4-6-8-10/h4-8H,9,15H2,1-3H3,(H,16,17)(H,18,19). The molecule has 0 saturated heterocycles. The first-order chi connectivity index (χ1) is 8.74. The molecule has 0 spiro atoms. The number of nitrogens with two attached hydrogens (primary N) is 1.